The predicted octanol–water partition coefficient (Wildman–Crippen LogP) is 5.42. The summed E-state index contributed by atoms with van der Waals surface area (Å²) in [6, 6.07) is 0. The number of unbranched alkanes of at least 4 members (excludes halogenated alkanes) is 8. The van der Waals surface area contributed by atoms with Gasteiger partial charge in [-0.05, 0) is 18.8 Å². The van der Waals surface area contributed by atoms with Gasteiger partial charge in [0.1, 0.15) is 0 Å². The van der Waals surface area contributed by atoms with Gasteiger partial charge in [0.05, 0.1) is 6.42 Å². The summed E-state index contributed by atoms with van der Waals surface area (Å²) in [4.78, 5) is 21.8. The van der Waals surface area contributed by atoms with Gasteiger partial charge in [0.25, 0.3) is 0 Å². The molecule has 0 radical (unpaired) electrons. The molecule has 0 rings (SSSR count). The van der Waals surface area contributed by atoms with Crippen LogP contribution in [0.25, 0.3) is 0 Å². The summed E-state index contributed by atoms with van der Waals surface area (Å²) in [5, 5.41) is 17.8. The zero-order chi connectivity index (χ0) is 17.5. The van der Waals surface area contributed by atoms with E-state index in [0.717, 1.165) is 19.3 Å². The number of hydrogen-bond donors (Lipinski definition) is 2. The summed E-state index contributed by atoms with van der Waals surface area (Å²) < 4.78 is 0. The molecule has 0 bridgehead atoms. The average molecular weight is 326 g/mol. The molecule has 0 aromatic rings. The molecule has 4 nitrogen and oxygen atoms in total. The molecule has 23 heavy (non-hydrogen) atoms. The fourth-order valence-corrected chi connectivity index (χ4v) is 2.78. The van der Waals surface area contributed by atoms with Crippen molar-refractivity contribution in [1.29, 1.82) is 0 Å². The van der Waals surface area contributed by atoms with Crippen LogP contribution in [-0.4, -0.2) is 22.2 Å². The van der Waals surface area contributed by atoms with E-state index < -0.39 is 18.4 Å². The molecular formula is C19H34O4. The normalized spacial score (nSPS) is 13.0. The molecule has 0 aliphatic carbocycles. The number of carboxylic acid groups (broad SMARTS) is 2. The first-order chi connectivity index (χ1) is 11.0. The SMILES string of the molecule is CCCCCCCCCCC[C@H](C=C(CC(=O)O)C(=O)O)CC. The molecule has 0 heterocycles. The van der Waals surface area contributed by atoms with E-state index in [1.165, 1.54) is 51.4 Å². The molecule has 0 saturated heterocycles. The number of carboxylic acids is 2. The summed E-state index contributed by atoms with van der Waals surface area (Å²) >= 11 is 0. The van der Waals surface area contributed by atoms with Crippen molar-refractivity contribution >= 4 is 11.9 Å². The molecule has 0 aromatic carbocycles. The van der Waals surface area contributed by atoms with Crippen LogP contribution >= 0.6 is 0 Å². The van der Waals surface area contributed by atoms with E-state index in [2.05, 4.69) is 6.92 Å². The maximum atomic E-state index is 11.1. The molecular weight excluding hydrogens is 292 g/mol. The Labute approximate surface area is 141 Å². The largest absolute Gasteiger partial charge is 0.481 e. The summed E-state index contributed by atoms with van der Waals surface area (Å²) in [6.45, 7) is 4.25. The molecule has 0 aliphatic heterocycles. The highest BCUT2D eigenvalue weighted by molar-refractivity contribution is 5.92. The van der Waals surface area contributed by atoms with E-state index in [1.807, 2.05) is 6.92 Å². The van der Waals surface area contributed by atoms with Crippen LogP contribution in [0.15, 0.2) is 11.6 Å². The predicted molar refractivity (Wildman–Crippen MR) is 93.6 cm³/mol. The zero-order valence-electron chi connectivity index (χ0n) is 14.9. The fraction of sp³-hybridized carbons (Fsp3) is 0.789. The third-order valence-corrected chi connectivity index (χ3v) is 4.26. The molecule has 0 aromatic heterocycles. The van der Waals surface area contributed by atoms with Crippen molar-refractivity contribution in [3.63, 3.8) is 0 Å². The Balaban J connectivity index is 3.96. The van der Waals surface area contributed by atoms with Gasteiger partial charge in [-0.1, -0.05) is 77.7 Å². The molecule has 1 atom stereocenters. The van der Waals surface area contributed by atoms with Crippen molar-refractivity contribution in [3.8, 4) is 0 Å². The quantitative estimate of drug-likeness (QED) is 0.311. The topological polar surface area (TPSA) is 74.6 Å². The summed E-state index contributed by atoms with van der Waals surface area (Å²) in [5.74, 6) is -2.03. The standard InChI is InChI=1S/C19H34O4/c1-3-5-6-7-8-9-10-11-12-13-16(4-2)14-17(19(22)23)15-18(20)21/h14,16H,3-13,15H2,1-2H3,(H,20,21)(H,22,23)/t16-/m1/s1. The van der Waals surface area contributed by atoms with Crippen LogP contribution in [0.3, 0.4) is 0 Å². The first-order valence-corrected chi connectivity index (χ1v) is 9.17. The Bertz CT molecular complexity index is 360. The second-order valence-electron chi connectivity index (χ2n) is 6.35. The second-order valence-corrected chi connectivity index (χ2v) is 6.35. The van der Waals surface area contributed by atoms with Crippen LogP contribution in [-0.2, 0) is 9.59 Å². The Morgan fingerprint density at radius 2 is 1.39 bits per heavy atom. The van der Waals surface area contributed by atoms with Crippen LogP contribution in [0.2, 0.25) is 0 Å². The smallest absolute Gasteiger partial charge is 0.331 e. The van der Waals surface area contributed by atoms with Crippen LogP contribution in [0.4, 0.5) is 0 Å². The highest BCUT2D eigenvalue weighted by Crippen LogP contribution is 2.19. The molecule has 0 saturated carbocycles. The Morgan fingerprint density at radius 1 is 0.870 bits per heavy atom. The zero-order valence-corrected chi connectivity index (χ0v) is 14.9. The minimum atomic E-state index is -1.11. The van der Waals surface area contributed by atoms with Crippen LogP contribution in [0.5, 0.6) is 0 Å². The number of aliphatic carboxylic acids is 2. The van der Waals surface area contributed by atoms with E-state index in [9.17, 15) is 9.59 Å². The monoisotopic (exact) mass is 326 g/mol. The highest BCUT2D eigenvalue weighted by Gasteiger charge is 2.14. The van der Waals surface area contributed by atoms with Gasteiger partial charge in [0, 0.05) is 5.57 Å². The number of hydrogen-bond acceptors (Lipinski definition) is 2. The molecule has 0 unspecified atom stereocenters. The fourth-order valence-electron chi connectivity index (χ4n) is 2.78. The molecule has 0 amide bonds. The van der Waals surface area contributed by atoms with Gasteiger partial charge in [0.15, 0.2) is 0 Å². The second kappa shape index (κ2) is 14.3. The summed E-state index contributed by atoms with van der Waals surface area (Å²) in [6.07, 6.45) is 14.5. The molecule has 0 spiro atoms. The van der Waals surface area contributed by atoms with Gasteiger partial charge < -0.3 is 10.2 Å². The maximum Gasteiger partial charge on any atom is 0.331 e. The Morgan fingerprint density at radius 3 is 1.83 bits per heavy atom. The third-order valence-electron chi connectivity index (χ3n) is 4.26. The van der Waals surface area contributed by atoms with Gasteiger partial charge in [0.2, 0.25) is 0 Å². The van der Waals surface area contributed by atoms with Gasteiger partial charge in [-0.2, -0.15) is 0 Å². The lowest BCUT2D eigenvalue weighted by molar-refractivity contribution is -0.139. The number of allylic oxidation sites excluding steroid dienone is 1. The molecule has 0 aliphatic rings. The minimum Gasteiger partial charge on any atom is -0.481 e. The number of rotatable bonds is 15. The van der Waals surface area contributed by atoms with Crippen LogP contribution < -0.4 is 0 Å². The van der Waals surface area contributed by atoms with Crippen molar-refractivity contribution in [2.75, 3.05) is 0 Å². The lowest BCUT2D eigenvalue weighted by atomic mass is 9.94. The Kier molecular flexibility index (Phi) is 13.5. The van der Waals surface area contributed by atoms with Crippen LogP contribution in [0.1, 0.15) is 90.9 Å². The van der Waals surface area contributed by atoms with Crippen molar-refractivity contribution < 1.29 is 19.8 Å². The third kappa shape index (κ3) is 12.9. The highest BCUT2D eigenvalue weighted by atomic mass is 16.4. The summed E-state index contributed by atoms with van der Waals surface area (Å²) in [5.41, 5.74) is 0.0141. The van der Waals surface area contributed by atoms with Crippen molar-refractivity contribution in [2.45, 2.75) is 90.9 Å². The average Bonchev–Trinajstić information content (AvgIpc) is 2.50. The van der Waals surface area contributed by atoms with E-state index >= 15 is 0 Å². The minimum absolute atomic E-state index is 0.0141. The van der Waals surface area contributed by atoms with Gasteiger partial charge in [-0.3, -0.25) is 4.79 Å². The van der Waals surface area contributed by atoms with E-state index in [1.54, 1.807) is 6.08 Å². The van der Waals surface area contributed by atoms with E-state index in [-0.39, 0.29) is 11.5 Å². The summed E-state index contributed by atoms with van der Waals surface area (Å²) in [7, 11) is 0. The molecule has 0 fully saturated rings. The maximum absolute atomic E-state index is 11.1. The lowest BCUT2D eigenvalue weighted by Crippen LogP contribution is -2.09. The molecule has 2 N–H and O–H groups in total. The Hall–Kier alpha value is -1.32. The first kappa shape index (κ1) is 21.7. The van der Waals surface area contributed by atoms with E-state index in [4.69, 9.17) is 10.2 Å². The van der Waals surface area contributed by atoms with Crippen molar-refractivity contribution in [1.82, 2.24) is 0 Å². The molecule has 134 valence electrons. The van der Waals surface area contributed by atoms with E-state index in [0.29, 0.717) is 0 Å². The van der Waals surface area contributed by atoms with Crippen LogP contribution in [0, 0.1) is 5.92 Å². The van der Waals surface area contributed by atoms with Gasteiger partial charge in [-0.25, -0.2) is 4.79 Å². The van der Waals surface area contributed by atoms with Crippen molar-refractivity contribution in [3.05, 3.63) is 11.6 Å². The number of carbonyl (C=O) groups is 2. The van der Waals surface area contributed by atoms with Crippen molar-refractivity contribution in [2.24, 2.45) is 5.92 Å². The first-order valence-electron chi connectivity index (χ1n) is 9.17. The molecule has 4 heteroatoms. The van der Waals surface area contributed by atoms with Gasteiger partial charge in [-0.15, -0.1) is 0 Å². The van der Waals surface area contributed by atoms with Gasteiger partial charge >= 0.3 is 11.9 Å². The lowest BCUT2D eigenvalue weighted by Gasteiger charge is -2.11.